The van der Waals surface area contributed by atoms with E-state index in [1.807, 2.05) is 25.1 Å². The molecule has 1 amide bonds. The molecule has 17 heavy (non-hydrogen) atoms. The predicted octanol–water partition coefficient (Wildman–Crippen LogP) is 3.07. The topological polar surface area (TPSA) is 52.9 Å². The highest BCUT2D eigenvalue weighted by Gasteiger charge is 2.28. The maximum atomic E-state index is 11.8. The third kappa shape index (κ3) is 3.47. The van der Waals surface area contributed by atoms with Crippen LogP contribution in [-0.4, -0.2) is 5.91 Å². The van der Waals surface area contributed by atoms with Gasteiger partial charge in [-0.1, -0.05) is 23.7 Å². The number of carbonyl (C=O) groups is 1. The SMILES string of the molecule is CC(NC(=O)C(C)(C)C#N)c1cccc(Cl)c1. The molecule has 0 radical (unpaired) electrons. The van der Waals surface area contributed by atoms with Crippen molar-refractivity contribution in [1.29, 1.82) is 5.26 Å². The second kappa shape index (κ2) is 5.20. The molecule has 0 aromatic heterocycles. The van der Waals surface area contributed by atoms with Crippen LogP contribution in [0.2, 0.25) is 5.02 Å². The quantitative estimate of drug-likeness (QED) is 0.896. The summed E-state index contributed by atoms with van der Waals surface area (Å²) < 4.78 is 0. The van der Waals surface area contributed by atoms with Gasteiger partial charge in [0.05, 0.1) is 12.1 Å². The second-order valence-electron chi connectivity index (χ2n) is 4.49. The van der Waals surface area contributed by atoms with Gasteiger partial charge in [-0.2, -0.15) is 5.26 Å². The summed E-state index contributed by atoms with van der Waals surface area (Å²) in [4.78, 5) is 11.8. The van der Waals surface area contributed by atoms with Gasteiger partial charge in [-0.3, -0.25) is 4.79 Å². The first kappa shape index (κ1) is 13.5. The van der Waals surface area contributed by atoms with E-state index in [2.05, 4.69) is 5.32 Å². The van der Waals surface area contributed by atoms with Crippen molar-refractivity contribution in [1.82, 2.24) is 5.32 Å². The lowest BCUT2D eigenvalue weighted by Crippen LogP contribution is -2.37. The lowest BCUT2D eigenvalue weighted by atomic mass is 9.94. The molecule has 1 unspecified atom stereocenters. The highest BCUT2D eigenvalue weighted by atomic mass is 35.5. The van der Waals surface area contributed by atoms with Gasteiger partial charge in [0, 0.05) is 5.02 Å². The minimum atomic E-state index is -1.02. The predicted molar refractivity (Wildman–Crippen MR) is 67.4 cm³/mol. The highest BCUT2D eigenvalue weighted by molar-refractivity contribution is 6.30. The van der Waals surface area contributed by atoms with Gasteiger partial charge in [-0.25, -0.2) is 0 Å². The van der Waals surface area contributed by atoms with Crippen LogP contribution in [0.3, 0.4) is 0 Å². The zero-order valence-corrected chi connectivity index (χ0v) is 10.9. The molecule has 0 fully saturated rings. The largest absolute Gasteiger partial charge is 0.348 e. The molecule has 3 nitrogen and oxygen atoms in total. The second-order valence-corrected chi connectivity index (χ2v) is 4.92. The average Bonchev–Trinajstić information content (AvgIpc) is 2.28. The number of hydrogen-bond donors (Lipinski definition) is 1. The van der Waals surface area contributed by atoms with E-state index in [-0.39, 0.29) is 11.9 Å². The Morgan fingerprint density at radius 2 is 2.18 bits per heavy atom. The molecule has 90 valence electrons. The van der Waals surface area contributed by atoms with Crippen molar-refractivity contribution in [3.05, 3.63) is 34.9 Å². The van der Waals surface area contributed by atoms with E-state index in [1.165, 1.54) is 0 Å². The standard InChI is InChI=1S/C13H15ClN2O/c1-9(10-5-4-6-11(14)7-10)16-12(17)13(2,3)8-15/h4-7,9H,1-3H3,(H,16,17). The monoisotopic (exact) mass is 250 g/mol. The molecule has 4 heteroatoms. The number of carbonyl (C=O) groups excluding carboxylic acids is 1. The summed E-state index contributed by atoms with van der Waals surface area (Å²) in [5.74, 6) is -0.285. The van der Waals surface area contributed by atoms with E-state index >= 15 is 0 Å². The molecule has 1 rings (SSSR count). The minimum absolute atomic E-state index is 0.172. The number of nitriles is 1. The van der Waals surface area contributed by atoms with Gasteiger partial charge in [0.2, 0.25) is 5.91 Å². The summed E-state index contributed by atoms with van der Waals surface area (Å²) in [5, 5.41) is 12.3. The average molecular weight is 251 g/mol. The summed E-state index contributed by atoms with van der Waals surface area (Å²) in [6, 6.07) is 9.09. The summed E-state index contributed by atoms with van der Waals surface area (Å²) >= 11 is 5.88. The molecule has 0 aliphatic rings. The lowest BCUT2D eigenvalue weighted by molar-refractivity contribution is -0.127. The summed E-state index contributed by atoms with van der Waals surface area (Å²) in [7, 11) is 0. The van der Waals surface area contributed by atoms with Crippen molar-refractivity contribution < 1.29 is 4.79 Å². The van der Waals surface area contributed by atoms with E-state index in [1.54, 1.807) is 26.0 Å². The number of amides is 1. The van der Waals surface area contributed by atoms with Gasteiger partial charge in [0.25, 0.3) is 0 Å². The van der Waals surface area contributed by atoms with Crippen molar-refractivity contribution in [3.63, 3.8) is 0 Å². The van der Waals surface area contributed by atoms with Crippen molar-refractivity contribution in [2.75, 3.05) is 0 Å². The Morgan fingerprint density at radius 3 is 2.71 bits per heavy atom. The molecule has 0 aliphatic heterocycles. The van der Waals surface area contributed by atoms with E-state index < -0.39 is 5.41 Å². The first-order chi connectivity index (χ1) is 7.86. The zero-order chi connectivity index (χ0) is 13.1. The van der Waals surface area contributed by atoms with Crippen molar-refractivity contribution >= 4 is 17.5 Å². The van der Waals surface area contributed by atoms with E-state index in [4.69, 9.17) is 16.9 Å². The van der Waals surface area contributed by atoms with Gasteiger partial charge < -0.3 is 5.32 Å². The van der Waals surface area contributed by atoms with E-state index in [0.29, 0.717) is 5.02 Å². The highest BCUT2D eigenvalue weighted by Crippen LogP contribution is 2.20. The first-order valence-electron chi connectivity index (χ1n) is 5.34. The maximum absolute atomic E-state index is 11.8. The molecule has 0 aliphatic carbocycles. The molecular formula is C13H15ClN2O. The normalized spacial score (nSPS) is 12.6. The number of nitrogens with zero attached hydrogens (tertiary/aromatic N) is 1. The lowest BCUT2D eigenvalue weighted by Gasteiger charge is -2.20. The Kier molecular flexibility index (Phi) is 4.14. The molecule has 0 bridgehead atoms. The van der Waals surface area contributed by atoms with Crippen LogP contribution in [0.15, 0.2) is 24.3 Å². The van der Waals surface area contributed by atoms with Gasteiger partial charge in [-0.15, -0.1) is 0 Å². The van der Waals surface area contributed by atoms with Crippen molar-refractivity contribution in [2.24, 2.45) is 5.41 Å². The molecule has 1 atom stereocenters. The Hall–Kier alpha value is -1.53. The molecule has 1 aromatic rings. The van der Waals surface area contributed by atoms with Gasteiger partial charge in [0.1, 0.15) is 5.41 Å². The third-order valence-corrected chi connectivity index (χ3v) is 2.78. The molecule has 0 heterocycles. The number of hydrogen-bond acceptors (Lipinski definition) is 2. The van der Waals surface area contributed by atoms with Crippen LogP contribution in [0.25, 0.3) is 0 Å². The third-order valence-electron chi connectivity index (χ3n) is 2.54. The zero-order valence-electron chi connectivity index (χ0n) is 10.1. The van der Waals surface area contributed by atoms with E-state index in [0.717, 1.165) is 5.56 Å². The number of halogens is 1. The molecular weight excluding hydrogens is 236 g/mol. The maximum Gasteiger partial charge on any atom is 0.240 e. The fraction of sp³-hybridized carbons (Fsp3) is 0.385. The summed E-state index contributed by atoms with van der Waals surface area (Å²) in [6.07, 6.45) is 0. The van der Waals surface area contributed by atoms with Crippen molar-refractivity contribution in [2.45, 2.75) is 26.8 Å². The van der Waals surface area contributed by atoms with Crippen LogP contribution in [-0.2, 0) is 4.79 Å². The smallest absolute Gasteiger partial charge is 0.240 e. The summed E-state index contributed by atoms with van der Waals surface area (Å²) in [5.41, 5.74) is -0.105. The Morgan fingerprint density at radius 1 is 1.53 bits per heavy atom. The molecule has 0 saturated heterocycles. The fourth-order valence-electron chi connectivity index (χ4n) is 1.29. The van der Waals surface area contributed by atoms with Crippen LogP contribution in [0.4, 0.5) is 0 Å². The van der Waals surface area contributed by atoms with Gasteiger partial charge >= 0.3 is 0 Å². The number of benzene rings is 1. The first-order valence-corrected chi connectivity index (χ1v) is 5.72. The fourth-order valence-corrected chi connectivity index (χ4v) is 1.49. The summed E-state index contributed by atoms with van der Waals surface area (Å²) in [6.45, 7) is 5.04. The Labute approximate surface area is 106 Å². The molecule has 0 spiro atoms. The van der Waals surface area contributed by atoms with Crippen LogP contribution in [0, 0.1) is 16.7 Å². The van der Waals surface area contributed by atoms with Crippen LogP contribution in [0.1, 0.15) is 32.4 Å². The van der Waals surface area contributed by atoms with Gasteiger partial charge in [0.15, 0.2) is 0 Å². The number of nitrogens with one attached hydrogen (secondary N) is 1. The molecule has 0 saturated carbocycles. The van der Waals surface area contributed by atoms with Crippen LogP contribution >= 0.6 is 11.6 Å². The number of rotatable bonds is 3. The minimum Gasteiger partial charge on any atom is -0.348 e. The van der Waals surface area contributed by atoms with Gasteiger partial charge in [-0.05, 0) is 38.5 Å². The Bertz CT molecular complexity index is 463. The van der Waals surface area contributed by atoms with E-state index in [9.17, 15) is 4.79 Å². The van der Waals surface area contributed by atoms with Crippen LogP contribution < -0.4 is 5.32 Å². The molecule has 1 N–H and O–H groups in total. The molecule has 1 aromatic carbocycles. The Balaban J connectivity index is 2.78. The van der Waals surface area contributed by atoms with Crippen molar-refractivity contribution in [3.8, 4) is 6.07 Å². The van der Waals surface area contributed by atoms with Crippen LogP contribution in [0.5, 0.6) is 0 Å².